The van der Waals surface area contributed by atoms with Crippen LogP contribution in [-0.2, 0) is 4.79 Å². The third-order valence-electron chi connectivity index (χ3n) is 2.31. The summed E-state index contributed by atoms with van der Waals surface area (Å²) in [6.07, 6.45) is 2.52. The summed E-state index contributed by atoms with van der Waals surface area (Å²) in [5, 5.41) is 0. The molecule has 0 aliphatic heterocycles. The number of aldehydes is 1. The fraction of sp³-hybridized carbons (Fsp3) is 0.0714. The minimum atomic E-state index is 0.640. The van der Waals surface area contributed by atoms with E-state index in [2.05, 4.69) is 15.9 Å². The minimum absolute atomic E-state index is 0.640. The Morgan fingerprint density at radius 2 is 1.88 bits per heavy atom. The SMILES string of the molecule is CC(C=O)=Cc1ccc(-c2ccc(Br)cc2)o1. The summed E-state index contributed by atoms with van der Waals surface area (Å²) in [6.45, 7) is 1.74. The van der Waals surface area contributed by atoms with E-state index >= 15 is 0 Å². The summed E-state index contributed by atoms with van der Waals surface area (Å²) in [5.41, 5.74) is 1.65. The van der Waals surface area contributed by atoms with Crippen molar-refractivity contribution < 1.29 is 9.21 Å². The smallest absolute Gasteiger partial charge is 0.145 e. The molecule has 0 aliphatic rings. The lowest BCUT2D eigenvalue weighted by molar-refractivity contribution is -0.104. The first-order valence-electron chi connectivity index (χ1n) is 5.18. The summed E-state index contributed by atoms with van der Waals surface area (Å²) >= 11 is 3.39. The van der Waals surface area contributed by atoms with Crippen molar-refractivity contribution in [2.45, 2.75) is 6.92 Å². The Morgan fingerprint density at radius 3 is 2.53 bits per heavy atom. The predicted octanol–water partition coefficient (Wildman–Crippen LogP) is 4.31. The number of hydrogen-bond acceptors (Lipinski definition) is 2. The van der Waals surface area contributed by atoms with Crippen molar-refractivity contribution in [2.75, 3.05) is 0 Å². The normalized spacial score (nSPS) is 11.5. The van der Waals surface area contributed by atoms with E-state index in [4.69, 9.17) is 4.42 Å². The van der Waals surface area contributed by atoms with Crippen LogP contribution in [0, 0.1) is 0 Å². The molecule has 2 rings (SSSR count). The minimum Gasteiger partial charge on any atom is -0.457 e. The van der Waals surface area contributed by atoms with Crippen LogP contribution in [0.3, 0.4) is 0 Å². The molecule has 0 aliphatic carbocycles. The maximum Gasteiger partial charge on any atom is 0.145 e. The zero-order valence-corrected chi connectivity index (χ0v) is 10.9. The molecule has 86 valence electrons. The van der Waals surface area contributed by atoms with Crippen LogP contribution < -0.4 is 0 Å². The summed E-state index contributed by atoms with van der Waals surface area (Å²) in [4.78, 5) is 10.5. The Labute approximate surface area is 108 Å². The maximum absolute atomic E-state index is 10.5. The van der Waals surface area contributed by atoms with Crippen molar-refractivity contribution in [1.82, 2.24) is 0 Å². The molecule has 17 heavy (non-hydrogen) atoms. The van der Waals surface area contributed by atoms with Gasteiger partial charge >= 0.3 is 0 Å². The number of allylic oxidation sites excluding steroid dienone is 1. The molecule has 1 heterocycles. The van der Waals surface area contributed by atoms with Gasteiger partial charge in [-0.15, -0.1) is 0 Å². The number of carbonyl (C=O) groups is 1. The van der Waals surface area contributed by atoms with Gasteiger partial charge in [-0.3, -0.25) is 4.79 Å². The van der Waals surface area contributed by atoms with E-state index in [9.17, 15) is 4.79 Å². The monoisotopic (exact) mass is 290 g/mol. The van der Waals surface area contributed by atoms with Gasteiger partial charge in [-0.2, -0.15) is 0 Å². The first kappa shape index (κ1) is 11.9. The highest BCUT2D eigenvalue weighted by Crippen LogP contribution is 2.24. The van der Waals surface area contributed by atoms with Crippen LogP contribution >= 0.6 is 15.9 Å². The van der Waals surface area contributed by atoms with Gasteiger partial charge in [0.2, 0.25) is 0 Å². The number of hydrogen-bond donors (Lipinski definition) is 0. The molecular formula is C14H11BrO2. The average Bonchev–Trinajstić information content (AvgIpc) is 2.78. The van der Waals surface area contributed by atoms with Gasteiger partial charge in [0.25, 0.3) is 0 Å². The Hall–Kier alpha value is -1.61. The van der Waals surface area contributed by atoms with E-state index in [0.29, 0.717) is 11.3 Å². The molecule has 0 amide bonds. The van der Waals surface area contributed by atoms with E-state index < -0.39 is 0 Å². The third kappa shape index (κ3) is 2.94. The lowest BCUT2D eigenvalue weighted by atomic mass is 10.2. The van der Waals surface area contributed by atoms with Crippen molar-refractivity contribution in [2.24, 2.45) is 0 Å². The number of benzene rings is 1. The maximum atomic E-state index is 10.5. The zero-order chi connectivity index (χ0) is 12.3. The highest BCUT2D eigenvalue weighted by Gasteiger charge is 2.03. The third-order valence-corrected chi connectivity index (χ3v) is 2.84. The molecule has 0 saturated carbocycles. The first-order chi connectivity index (χ1) is 8.19. The van der Waals surface area contributed by atoms with Crippen molar-refractivity contribution in [1.29, 1.82) is 0 Å². The molecule has 0 atom stereocenters. The van der Waals surface area contributed by atoms with E-state index in [0.717, 1.165) is 22.1 Å². The van der Waals surface area contributed by atoms with Crippen LogP contribution in [0.2, 0.25) is 0 Å². The molecule has 0 fully saturated rings. The molecule has 2 aromatic rings. The van der Waals surface area contributed by atoms with Crippen LogP contribution in [-0.4, -0.2) is 6.29 Å². The van der Waals surface area contributed by atoms with Crippen LogP contribution in [0.15, 0.2) is 50.9 Å². The Balaban J connectivity index is 2.29. The summed E-state index contributed by atoms with van der Waals surface area (Å²) in [5.74, 6) is 1.48. The number of carbonyl (C=O) groups excluding carboxylic acids is 1. The lowest BCUT2D eigenvalue weighted by Crippen LogP contribution is -1.75. The highest BCUT2D eigenvalue weighted by atomic mass is 79.9. The summed E-state index contributed by atoms with van der Waals surface area (Å²) < 4.78 is 6.66. The van der Waals surface area contributed by atoms with Crippen molar-refractivity contribution in [3.63, 3.8) is 0 Å². The standard InChI is InChI=1S/C14H11BrO2/c1-10(9-16)8-13-6-7-14(17-13)11-2-4-12(15)5-3-11/h2-9H,1H3. The number of halogens is 1. The molecule has 0 unspecified atom stereocenters. The van der Waals surface area contributed by atoms with Gasteiger partial charge in [0, 0.05) is 10.0 Å². The highest BCUT2D eigenvalue weighted by molar-refractivity contribution is 9.10. The zero-order valence-electron chi connectivity index (χ0n) is 9.31. The fourth-order valence-electron chi connectivity index (χ4n) is 1.46. The van der Waals surface area contributed by atoms with Crippen molar-refractivity contribution in [3.8, 4) is 11.3 Å². The van der Waals surface area contributed by atoms with Gasteiger partial charge in [-0.25, -0.2) is 0 Å². The van der Waals surface area contributed by atoms with Gasteiger partial charge in [0.15, 0.2) is 0 Å². The van der Waals surface area contributed by atoms with E-state index in [1.165, 1.54) is 0 Å². The summed E-state index contributed by atoms with van der Waals surface area (Å²) in [7, 11) is 0. The molecule has 0 N–H and O–H groups in total. The molecular weight excluding hydrogens is 280 g/mol. The molecule has 0 saturated heterocycles. The molecule has 0 spiro atoms. The molecule has 0 radical (unpaired) electrons. The molecule has 2 nitrogen and oxygen atoms in total. The van der Waals surface area contributed by atoms with Crippen LogP contribution in [0.25, 0.3) is 17.4 Å². The van der Waals surface area contributed by atoms with Crippen molar-refractivity contribution in [3.05, 3.63) is 52.2 Å². The quantitative estimate of drug-likeness (QED) is 0.623. The molecule has 0 bridgehead atoms. The Bertz CT molecular complexity index is 550. The summed E-state index contributed by atoms with van der Waals surface area (Å²) in [6, 6.07) is 11.6. The van der Waals surface area contributed by atoms with Gasteiger partial charge in [0.1, 0.15) is 17.8 Å². The Kier molecular flexibility index (Phi) is 3.59. The molecule has 3 heteroatoms. The fourth-order valence-corrected chi connectivity index (χ4v) is 1.72. The van der Waals surface area contributed by atoms with Gasteiger partial charge in [-0.1, -0.05) is 28.1 Å². The van der Waals surface area contributed by atoms with Crippen LogP contribution in [0.4, 0.5) is 0 Å². The van der Waals surface area contributed by atoms with Crippen molar-refractivity contribution >= 4 is 28.3 Å². The van der Waals surface area contributed by atoms with E-state index in [1.807, 2.05) is 36.4 Å². The van der Waals surface area contributed by atoms with E-state index in [-0.39, 0.29) is 0 Å². The Morgan fingerprint density at radius 1 is 1.18 bits per heavy atom. The predicted molar refractivity (Wildman–Crippen MR) is 71.6 cm³/mol. The first-order valence-corrected chi connectivity index (χ1v) is 5.97. The van der Waals surface area contributed by atoms with Crippen LogP contribution in [0.5, 0.6) is 0 Å². The van der Waals surface area contributed by atoms with Crippen LogP contribution in [0.1, 0.15) is 12.7 Å². The number of rotatable bonds is 3. The second-order valence-electron chi connectivity index (χ2n) is 3.72. The second kappa shape index (κ2) is 5.15. The lowest BCUT2D eigenvalue weighted by Gasteiger charge is -1.96. The van der Waals surface area contributed by atoms with Gasteiger partial charge < -0.3 is 4.42 Å². The second-order valence-corrected chi connectivity index (χ2v) is 4.63. The molecule has 1 aromatic heterocycles. The number of furan rings is 1. The topological polar surface area (TPSA) is 30.2 Å². The molecule has 1 aromatic carbocycles. The average molecular weight is 291 g/mol. The van der Waals surface area contributed by atoms with Gasteiger partial charge in [0.05, 0.1) is 0 Å². The largest absolute Gasteiger partial charge is 0.457 e. The van der Waals surface area contributed by atoms with Gasteiger partial charge in [-0.05, 0) is 42.8 Å². The van der Waals surface area contributed by atoms with E-state index in [1.54, 1.807) is 13.0 Å².